The second-order valence-electron chi connectivity index (χ2n) is 4.44. The van der Waals surface area contributed by atoms with Gasteiger partial charge in [-0.25, -0.2) is 0 Å². The van der Waals surface area contributed by atoms with E-state index in [0.29, 0.717) is 17.0 Å². The first-order valence-electron chi connectivity index (χ1n) is 5.96. The number of carbonyl (C=O) groups is 1. The molecular formula is C14H15BrN2O2. The summed E-state index contributed by atoms with van der Waals surface area (Å²) in [6.07, 6.45) is 1.57. The maximum Gasteiger partial charge on any atom is 0.214 e. The van der Waals surface area contributed by atoms with Gasteiger partial charge in [-0.3, -0.25) is 9.48 Å². The lowest BCUT2D eigenvalue weighted by Crippen LogP contribution is -2.14. The summed E-state index contributed by atoms with van der Waals surface area (Å²) in [5.74, 6) is 0.406. The van der Waals surface area contributed by atoms with E-state index in [0.717, 1.165) is 4.47 Å². The molecule has 0 saturated heterocycles. The summed E-state index contributed by atoms with van der Waals surface area (Å²) >= 11 is 3.37. The minimum atomic E-state index is -0.0932. The van der Waals surface area contributed by atoms with Gasteiger partial charge in [-0.05, 0) is 26.0 Å². The molecule has 4 nitrogen and oxygen atoms in total. The molecule has 0 N–H and O–H groups in total. The number of halogens is 1. The van der Waals surface area contributed by atoms with Gasteiger partial charge < -0.3 is 4.74 Å². The van der Waals surface area contributed by atoms with Crippen LogP contribution in [0.3, 0.4) is 0 Å². The van der Waals surface area contributed by atoms with Crippen LogP contribution in [0.2, 0.25) is 0 Å². The second kappa shape index (κ2) is 5.57. The summed E-state index contributed by atoms with van der Waals surface area (Å²) in [6.45, 7) is 3.95. The number of rotatable bonds is 4. The van der Waals surface area contributed by atoms with Crippen LogP contribution in [0.25, 0.3) is 0 Å². The molecule has 1 aromatic heterocycles. The fourth-order valence-corrected chi connectivity index (χ4v) is 2.27. The van der Waals surface area contributed by atoms with E-state index in [4.69, 9.17) is 4.74 Å². The standard InChI is InChI=1S/C14H15BrN2O2/c1-9(2)17-13(12(19-3)8-16-17)14(18)10-5-4-6-11(15)7-10/h4-9H,1-3H3. The van der Waals surface area contributed by atoms with Crippen LogP contribution in [0.15, 0.2) is 34.9 Å². The number of ketones is 1. The van der Waals surface area contributed by atoms with Crippen LogP contribution in [-0.4, -0.2) is 22.7 Å². The minimum Gasteiger partial charge on any atom is -0.493 e. The molecule has 0 bridgehead atoms. The second-order valence-corrected chi connectivity index (χ2v) is 5.36. The van der Waals surface area contributed by atoms with Gasteiger partial charge in [0.25, 0.3) is 0 Å². The number of methoxy groups -OCH3 is 1. The Morgan fingerprint density at radius 3 is 2.74 bits per heavy atom. The van der Waals surface area contributed by atoms with E-state index in [1.807, 2.05) is 26.0 Å². The third kappa shape index (κ3) is 2.71. The number of hydrogen-bond acceptors (Lipinski definition) is 3. The van der Waals surface area contributed by atoms with Crippen LogP contribution in [0.5, 0.6) is 5.75 Å². The first kappa shape index (κ1) is 13.8. The molecule has 0 atom stereocenters. The highest BCUT2D eigenvalue weighted by molar-refractivity contribution is 9.10. The van der Waals surface area contributed by atoms with Gasteiger partial charge in [0.05, 0.1) is 13.3 Å². The molecule has 0 aliphatic heterocycles. The largest absolute Gasteiger partial charge is 0.493 e. The Morgan fingerprint density at radius 2 is 2.16 bits per heavy atom. The lowest BCUT2D eigenvalue weighted by Gasteiger charge is -2.11. The van der Waals surface area contributed by atoms with Gasteiger partial charge in [-0.2, -0.15) is 5.10 Å². The van der Waals surface area contributed by atoms with E-state index in [9.17, 15) is 4.79 Å². The minimum absolute atomic E-state index is 0.0926. The highest BCUT2D eigenvalue weighted by Gasteiger charge is 2.22. The predicted octanol–water partition coefficient (Wildman–Crippen LogP) is 3.47. The molecule has 2 aromatic rings. The lowest BCUT2D eigenvalue weighted by molar-refractivity contribution is 0.102. The Kier molecular flexibility index (Phi) is 4.04. The van der Waals surface area contributed by atoms with Crippen molar-refractivity contribution in [2.24, 2.45) is 0 Å². The zero-order valence-corrected chi connectivity index (χ0v) is 12.6. The van der Waals surface area contributed by atoms with E-state index in [2.05, 4.69) is 21.0 Å². The summed E-state index contributed by atoms with van der Waals surface area (Å²) in [5.41, 5.74) is 1.09. The number of hydrogen-bond donors (Lipinski definition) is 0. The van der Waals surface area contributed by atoms with Crippen molar-refractivity contribution in [3.05, 3.63) is 46.2 Å². The van der Waals surface area contributed by atoms with Crippen LogP contribution in [0.1, 0.15) is 35.9 Å². The third-order valence-electron chi connectivity index (χ3n) is 2.77. The summed E-state index contributed by atoms with van der Waals surface area (Å²) in [7, 11) is 1.54. The summed E-state index contributed by atoms with van der Waals surface area (Å²) < 4.78 is 7.78. The van der Waals surface area contributed by atoms with E-state index in [1.165, 1.54) is 0 Å². The van der Waals surface area contributed by atoms with E-state index >= 15 is 0 Å². The number of ether oxygens (including phenoxy) is 1. The maximum absolute atomic E-state index is 12.6. The molecule has 2 rings (SSSR count). The number of benzene rings is 1. The molecule has 0 saturated carbocycles. The zero-order valence-electron chi connectivity index (χ0n) is 11.1. The summed E-state index contributed by atoms with van der Waals surface area (Å²) in [5, 5.41) is 4.21. The molecule has 0 amide bonds. The molecular weight excluding hydrogens is 308 g/mol. The van der Waals surface area contributed by atoms with Gasteiger partial charge in [0.1, 0.15) is 0 Å². The van der Waals surface area contributed by atoms with Crippen molar-refractivity contribution in [2.45, 2.75) is 19.9 Å². The van der Waals surface area contributed by atoms with Gasteiger partial charge in [0.15, 0.2) is 11.4 Å². The topological polar surface area (TPSA) is 44.1 Å². The Bertz CT molecular complexity index is 605. The Balaban J connectivity index is 2.51. The Labute approximate surface area is 120 Å². The highest BCUT2D eigenvalue weighted by Crippen LogP contribution is 2.25. The molecule has 0 radical (unpaired) electrons. The normalized spacial score (nSPS) is 10.8. The zero-order chi connectivity index (χ0) is 14.0. The molecule has 1 heterocycles. The number of carbonyl (C=O) groups excluding carboxylic acids is 1. The van der Waals surface area contributed by atoms with Crippen molar-refractivity contribution in [1.29, 1.82) is 0 Å². The van der Waals surface area contributed by atoms with Crippen molar-refractivity contribution in [3.63, 3.8) is 0 Å². The first-order chi connectivity index (χ1) is 9.04. The molecule has 0 aliphatic carbocycles. The predicted molar refractivity (Wildman–Crippen MR) is 76.7 cm³/mol. The molecule has 0 spiro atoms. The van der Waals surface area contributed by atoms with Gasteiger partial charge >= 0.3 is 0 Å². The quantitative estimate of drug-likeness (QED) is 0.809. The summed E-state index contributed by atoms with van der Waals surface area (Å²) in [6, 6.07) is 7.38. The van der Waals surface area contributed by atoms with E-state index in [-0.39, 0.29) is 11.8 Å². The third-order valence-corrected chi connectivity index (χ3v) is 3.27. The lowest BCUT2D eigenvalue weighted by atomic mass is 10.1. The van der Waals surface area contributed by atoms with Crippen LogP contribution in [0.4, 0.5) is 0 Å². The Morgan fingerprint density at radius 1 is 1.42 bits per heavy atom. The molecule has 0 aliphatic rings. The molecule has 19 heavy (non-hydrogen) atoms. The number of nitrogens with zero attached hydrogens (tertiary/aromatic N) is 2. The SMILES string of the molecule is COc1cnn(C(C)C)c1C(=O)c1cccc(Br)c1. The summed E-state index contributed by atoms with van der Waals surface area (Å²) in [4.78, 5) is 12.6. The van der Waals surface area contributed by atoms with Gasteiger partial charge in [-0.1, -0.05) is 28.1 Å². The average Bonchev–Trinajstić information content (AvgIpc) is 2.81. The van der Waals surface area contributed by atoms with Crippen LogP contribution in [0, 0.1) is 0 Å². The fraction of sp³-hybridized carbons (Fsp3) is 0.286. The van der Waals surface area contributed by atoms with Gasteiger partial charge in [-0.15, -0.1) is 0 Å². The van der Waals surface area contributed by atoms with Crippen molar-refractivity contribution < 1.29 is 9.53 Å². The van der Waals surface area contributed by atoms with Crippen molar-refractivity contribution in [3.8, 4) is 5.75 Å². The van der Waals surface area contributed by atoms with Crippen LogP contribution < -0.4 is 4.74 Å². The van der Waals surface area contributed by atoms with E-state index in [1.54, 1.807) is 30.1 Å². The van der Waals surface area contributed by atoms with Crippen molar-refractivity contribution >= 4 is 21.7 Å². The van der Waals surface area contributed by atoms with Crippen LogP contribution in [-0.2, 0) is 0 Å². The number of aromatic nitrogens is 2. The van der Waals surface area contributed by atoms with Gasteiger partial charge in [0, 0.05) is 16.1 Å². The first-order valence-corrected chi connectivity index (χ1v) is 6.75. The molecule has 1 aromatic carbocycles. The monoisotopic (exact) mass is 322 g/mol. The Hall–Kier alpha value is -1.62. The maximum atomic E-state index is 12.6. The molecule has 0 fully saturated rings. The van der Waals surface area contributed by atoms with Gasteiger partial charge in [0.2, 0.25) is 5.78 Å². The average molecular weight is 323 g/mol. The fourth-order valence-electron chi connectivity index (χ4n) is 1.87. The van der Waals surface area contributed by atoms with E-state index < -0.39 is 0 Å². The molecule has 5 heteroatoms. The smallest absolute Gasteiger partial charge is 0.214 e. The highest BCUT2D eigenvalue weighted by atomic mass is 79.9. The van der Waals surface area contributed by atoms with Crippen molar-refractivity contribution in [2.75, 3.05) is 7.11 Å². The van der Waals surface area contributed by atoms with Crippen molar-refractivity contribution in [1.82, 2.24) is 9.78 Å². The molecule has 0 unspecified atom stereocenters. The van der Waals surface area contributed by atoms with Crippen LogP contribution >= 0.6 is 15.9 Å². The molecule has 100 valence electrons.